The maximum absolute atomic E-state index is 12.5. The Kier molecular flexibility index (Phi) is 3.79. The van der Waals surface area contributed by atoms with Crippen LogP contribution in [0.25, 0.3) is 11.2 Å². The molecule has 1 atom stereocenters. The van der Waals surface area contributed by atoms with Gasteiger partial charge >= 0.3 is 0 Å². The zero-order valence-corrected chi connectivity index (χ0v) is 13.7. The molecule has 122 valence electrons. The molecule has 1 saturated carbocycles. The highest BCUT2D eigenvalue weighted by Gasteiger charge is 2.35. The minimum Gasteiger partial charge on any atom is -0.342 e. The van der Waals surface area contributed by atoms with E-state index in [0.717, 1.165) is 62.3 Å². The molecule has 1 saturated heterocycles. The molecule has 0 N–H and O–H groups in total. The molecule has 3 heterocycles. The second-order valence-electron chi connectivity index (χ2n) is 6.87. The third-order valence-corrected chi connectivity index (χ3v) is 5.30. The van der Waals surface area contributed by atoms with E-state index in [2.05, 4.69) is 21.4 Å². The van der Waals surface area contributed by atoms with Gasteiger partial charge in [0.05, 0.1) is 0 Å². The lowest BCUT2D eigenvalue weighted by atomic mass is 9.84. The van der Waals surface area contributed by atoms with E-state index in [1.165, 1.54) is 6.42 Å². The van der Waals surface area contributed by atoms with Gasteiger partial charge in [-0.15, -0.1) is 0 Å². The number of rotatable bonds is 4. The minimum absolute atomic E-state index is 0.296. The van der Waals surface area contributed by atoms with Crippen LogP contribution < -0.4 is 0 Å². The number of aryl methyl sites for hydroxylation is 1. The summed E-state index contributed by atoms with van der Waals surface area (Å²) in [4.78, 5) is 23.9. The standard InChI is InChI=1S/C18H24N4O/c1-2-10-22-16(20-15-7-4-9-19-17(15)22)14-8-11-21(12-14)18(23)13-5-3-6-13/h4,7,9,13-14H,2-3,5-6,8,10-12H2,1H3. The number of aromatic nitrogens is 3. The van der Waals surface area contributed by atoms with Gasteiger partial charge in [-0.05, 0) is 37.8 Å². The van der Waals surface area contributed by atoms with E-state index in [4.69, 9.17) is 4.98 Å². The van der Waals surface area contributed by atoms with Gasteiger partial charge in [-0.25, -0.2) is 9.97 Å². The summed E-state index contributed by atoms with van der Waals surface area (Å²) in [6.45, 7) is 4.82. The van der Waals surface area contributed by atoms with Crippen LogP contribution in [0.1, 0.15) is 50.8 Å². The molecular formula is C18H24N4O. The number of amides is 1. The van der Waals surface area contributed by atoms with Gasteiger partial charge in [-0.2, -0.15) is 0 Å². The number of likely N-dealkylation sites (tertiary alicyclic amines) is 1. The first kappa shape index (κ1) is 14.7. The predicted octanol–water partition coefficient (Wildman–Crippen LogP) is 2.96. The summed E-state index contributed by atoms with van der Waals surface area (Å²) in [5.41, 5.74) is 1.95. The van der Waals surface area contributed by atoms with E-state index in [1.807, 2.05) is 18.3 Å². The van der Waals surface area contributed by atoms with Gasteiger partial charge in [-0.1, -0.05) is 13.3 Å². The molecular weight excluding hydrogens is 288 g/mol. The number of hydrogen-bond acceptors (Lipinski definition) is 3. The average molecular weight is 312 g/mol. The summed E-state index contributed by atoms with van der Waals surface area (Å²) in [5.74, 6) is 2.13. The molecule has 0 bridgehead atoms. The second-order valence-corrected chi connectivity index (χ2v) is 6.87. The van der Waals surface area contributed by atoms with E-state index < -0.39 is 0 Å². The van der Waals surface area contributed by atoms with Crippen LogP contribution in [0.3, 0.4) is 0 Å². The molecule has 1 unspecified atom stereocenters. The fraction of sp³-hybridized carbons (Fsp3) is 0.611. The van der Waals surface area contributed by atoms with Gasteiger partial charge in [-0.3, -0.25) is 4.79 Å². The van der Waals surface area contributed by atoms with Crippen molar-refractivity contribution in [1.29, 1.82) is 0 Å². The van der Waals surface area contributed by atoms with Crippen molar-refractivity contribution in [1.82, 2.24) is 19.4 Å². The van der Waals surface area contributed by atoms with Crippen molar-refractivity contribution < 1.29 is 4.79 Å². The molecule has 1 aliphatic heterocycles. The van der Waals surface area contributed by atoms with Crippen LogP contribution >= 0.6 is 0 Å². The second kappa shape index (κ2) is 5.95. The summed E-state index contributed by atoms with van der Waals surface area (Å²) in [7, 11) is 0. The van der Waals surface area contributed by atoms with Gasteiger partial charge in [0.1, 0.15) is 11.3 Å². The normalized spacial score (nSPS) is 21.8. The van der Waals surface area contributed by atoms with Gasteiger partial charge in [0.25, 0.3) is 0 Å². The summed E-state index contributed by atoms with van der Waals surface area (Å²) >= 11 is 0. The van der Waals surface area contributed by atoms with E-state index in [-0.39, 0.29) is 0 Å². The summed E-state index contributed by atoms with van der Waals surface area (Å²) < 4.78 is 2.26. The zero-order chi connectivity index (χ0) is 15.8. The molecule has 1 aliphatic carbocycles. The van der Waals surface area contributed by atoms with Crippen LogP contribution in [0.15, 0.2) is 18.3 Å². The Morgan fingerprint density at radius 2 is 2.22 bits per heavy atom. The zero-order valence-electron chi connectivity index (χ0n) is 13.7. The maximum atomic E-state index is 12.5. The number of nitrogens with zero attached hydrogens (tertiary/aromatic N) is 4. The van der Waals surface area contributed by atoms with Crippen molar-refractivity contribution >= 4 is 17.1 Å². The SMILES string of the molecule is CCCn1c(C2CCN(C(=O)C3CCC3)C2)nc2cccnc21. The molecule has 2 aliphatic rings. The lowest BCUT2D eigenvalue weighted by molar-refractivity contribution is -0.137. The third kappa shape index (κ3) is 2.52. The molecule has 5 heteroatoms. The Bertz CT molecular complexity index is 719. The monoisotopic (exact) mass is 312 g/mol. The first-order valence-electron chi connectivity index (χ1n) is 8.88. The van der Waals surface area contributed by atoms with Crippen LogP contribution in [0.4, 0.5) is 0 Å². The third-order valence-electron chi connectivity index (χ3n) is 5.30. The van der Waals surface area contributed by atoms with Crippen molar-refractivity contribution in [3.8, 4) is 0 Å². The number of fused-ring (bicyclic) bond motifs is 1. The predicted molar refractivity (Wildman–Crippen MR) is 89.1 cm³/mol. The highest BCUT2D eigenvalue weighted by atomic mass is 16.2. The summed E-state index contributed by atoms with van der Waals surface area (Å²) in [5, 5.41) is 0. The van der Waals surface area contributed by atoms with Crippen LogP contribution in [0, 0.1) is 5.92 Å². The fourth-order valence-corrected chi connectivity index (χ4v) is 3.82. The molecule has 2 aromatic heterocycles. The van der Waals surface area contributed by atoms with Gasteiger partial charge in [0.2, 0.25) is 5.91 Å². The smallest absolute Gasteiger partial charge is 0.225 e. The Morgan fingerprint density at radius 3 is 2.96 bits per heavy atom. The maximum Gasteiger partial charge on any atom is 0.225 e. The molecule has 0 aromatic carbocycles. The Labute approximate surface area is 136 Å². The molecule has 2 fully saturated rings. The van der Waals surface area contributed by atoms with Crippen LogP contribution in [-0.4, -0.2) is 38.4 Å². The molecule has 4 rings (SSSR count). The van der Waals surface area contributed by atoms with Crippen LogP contribution in [0.2, 0.25) is 0 Å². The summed E-state index contributed by atoms with van der Waals surface area (Å²) in [6.07, 6.45) is 7.29. The molecule has 1 amide bonds. The Balaban J connectivity index is 1.59. The molecule has 2 aromatic rings. The first-order valence-corrected chi connectivity index (χ1v) is 8.88. The number of hydrogen-bond donors (Lipinski definition) is 0. The van der Waals surface area contributed by atoms with Crippen LogP contribution in [-0.2, 0) is 11.3 Å². The van der Waals surface area contributed by atoms with Crippen molar-refractivity contribution in [3.63, 3.8) is 0 Å². The topological polar surface area (TPSA) is 51.0 Å². The summed E-state index contributed by atoms with van der Waals surface area (Å²) in [6, 6.07) is 3.97. The highest BCUT2D eigenvalue weighted by molar-refractivity contribution is 5.80. The first-order chi connectivity index (χ1) is 11.3. The van der Waals surface area contributed by atoms with Crippen molar-refractivity contribution in [2.24, 2.45) is 5.92 Å². The lowest BCUT2D eigenvalue weighted by Gasteiger charge is -2.29. The van der Waals surface area contributed by atoms with Crippen molar-refractivity contribution in [2.45, 2.75) is 51.5 Å². The Morgan fingerprint density at radius 1 is 1.35 bits per heavy atom. The van der Waals surface area contributed by atoms with Gasteiger partial charge in [0, 0.05) is 37.7 Å². The fourth-order valence-electron chi connectivity index (χ4n) is 3.82. The van der Waals surface area contributed by atoms with E-state index in [1.54, 1.807) is 0 Å². The Hall–Kier alpha value is -1.91. The molecule has 23 heavy (non-hydrogen) atoms. The number of pyridine rings is 1. The number of imidazole rings is 1. The number of carbonyl (C=O) groups is 1. The van der Waals surface area contributed by atoms with Crippen molar-refractivity contribution in [3.05, 3.63) is 24.2 Å². The lowest BCUT2D eigenvalue weighted by Crippen LogP contribution is -2.37. The van der Waals surface area contributed by atoms with Gasteiger partial charge in [0.15, 0.2) is 5.65 Å². The molecule has 0 radical (unpaired) electrons. The quantitative estimate of drug-likeness (QED) is 0.872. The average Bonchev–Trinajstić information content (AvgIpc) is 3.11. The van der Waals surface area contributed by atoms with E-state index in [0.29, 0.717) is 17.7 Å². The van der Waals surface area contributed by atoms with E-state index >= 15 is 0 Å². The van der Waals surface area contributed by atoms with E-state index in [9.17, 15) is 4.79 Å². The van der Waals surface area contributed by atoms with Crippen molar-refractivity contribution in [2.75, 3.05) is 13.1 Å². The van der Waals surface area contributed by atoms with Gasteiger partial charge < -0.3 is 9.47 Å². The number of carbonyl (C=O) groups excluding carboxylic acids is 1. The molecule has 0 spiro atoms. The highest BCUT2D eigenvalue weighted by Crippen LogP contribution is 2.33. The molecule has 5 nitrogen and oxygen atoms in total. The minimum atomic E-state index is 0.296. The van der Waals surface area contributed by atoms with Crippen LogP contribution in [0.5, 0.6) is 0 Å². The largest absolute Gasteiger partial charge is 0.342 e.